The second kappa shape index (κ2) is 9.38. The molecule has 0 spiro atoms. The van der Waals surface area contributed by atoms with Crippen LogP contribution < -0.4 is 10.1 Å². The number of H-pyrrole nitrogens is 1. The Balaban J connectivity index is 1.36. The van der Waals surface area contributed by atoms with Crippen molar-refractivity contribution >= 4 is 52.7 Å². The minimum Gasteiger partial charge on any atom is -0.426 e. The number of thioether (sulfide) groups is 1. The summed E-state index contributed by atoms with van der Waals surface area (Å²) in [6.07, 6.45) is 0. The Bertz CT molecular complexity index is 1320. The number of carbonyl (C=O) groups is 3. The summed E-state index contributed by atoms with van der Waals surface area (Å²) in [7, 11) is 0. The maximum Gasteiger partial charge on any atom is 0.328 e. The van der Waals surface area contributed by atoms with E-state index in [1.54, 1.807) is 35.2 Å². The molecule has 2 aromatic carbocycles. The van der Waals surface area contributed by atoms with Gasteiger partial charge in [-0.05, 0) is 31.5 Å². The van der Waals surface area contributed by atoms with Crippen molar-refractivity contribution in [3.05, 3.63) is 70.0 Å². The second-order valence-electron chi connectivity index (χ2n) is 8.86. The van der Waals surface area contributed by atoms with Crippen LogP contribution in [0.15, 0.2) is 48.5 Å². The standard InChI is InChI=1S/C23H20Cl2N6O4S/c1-23(2)17(18-27-29-30-28-18)31-20(33)16(21(31)36-23)26-19(32)15(11-6-4-3-5-7-11)22(34)35-12-8-9-13(24)14(25)10-12/h3-10,15-17,21H,1-2H3,(H,26,32)(H,27,28,29,30). The van der Waals surface area contributed by atoms with Gasteiger partial charge in [-0.1, -0.05) is 58.7 Å². The van der Waals surface area contributed by atoms with E-state index in [1.165, 1.54) is 30.0 Å². The Morgan fingerprint density at radius 1 is 1.17 bits per heavy atom. The van der Waals surface area contributed by atoms with Crippen LogP contribution in [0.1, 0.15) is 37.2 Å². The molecule has 2 saturated heterocycles. The number of nitrogens with one attached hydrogen (secondary N) is 2. The van der Waals surface area contributed by atoms with Crippen LogP contribution in [-0.4, -0.2) is 59.5 Å². The average molecular weight is 547 g/mol. The highest BCUT2D eigenvalue weighted by atomic mass is 35.5. The van der Waals surface area contributed by atoms with Crippen LogP contribution in [0.2, 0.25) is 10.0 Å². The van der Waals surface area contributed by atoms with Gasteiger partial charge in [0.05, 0.1) is 10.0 Å². The summed E-state index contributed by atoms with van der Waals surface area (Å²) in [5.74, 6) is -2.51. The van der Waals surface area contributed by atoms with Gasteiger partial charge in [-0.15, -0.1) is 22.0 Å². The Hall–Kier alpha value is -3.15. The monoisotopic (exact) mass is 546 g/mol. The molecule has 4 atom stereocenters. The second-order valence-corrected chi connectivity index (χ2v) is 11.4. The third-order valence-corrected chi connectivity index (χ3v) is 8.40. The zero-order chi connectivity index (χ0) is 25.6. The third-order valence-electron chi connectivity index (χ3n) is 6.09. The maximum absolute atomic E-state index is 13.4. The van der Waals surface area contributed by atoms with Gasteiger partial charge in [0.15, 0.2) is 11.7 Å². The van der Waals surface area contributed by atoms with Gasteiger partial charge < -0.3 is 15.0 Å². The predicted octanol–water partition coefficient (Wildman–Crippen LogP) is 3.12. The summed E-state index contributed by atoms with van der Waals surface area (Å²) in [4.78, 5) is 41.4. The number of amides is 2. The third kappa shape index (κ3) is 4.31. The molecule has 2 aliphatic heterocycles. The number of carbonyl (C=O) groups excluding carboxylic acids is 3. The Morgan fingerprint density at radius 3 is 2.58 bits per heavy atom. The smallest absolute Gasteiger partial charge is 0.328 e. The summed E-state index contributed by atoms with van der Waals surface area (Å²) >= 11 is 13.5. The van der Waals surface area contributed by atoms with Gasteiger partial charge >= 0.3 is 5.97 Å². The van der Waals surface area contributed by atoms with Crippen molar-refractivity contribution in [3.63, 3.8) is 0 Å². The number of nitrogens with zero attached hydrogens (tertiary/aromatic N) is 4. The van der Waals surface area contributed by atoms with Crippen molar-refractivity contribution in [1.82, 2.24) is 30.8 Å². The Kier molecular flexibility index (Phi) is 6.39. The van der Waals surface area contributed by atoms with E-state index in [1.807, 2.05) is 13.8 Å². The van der Waals surface area contributed by atoms with Crippen LogP contribution in [-0.2, 0) is 14.4 Å². The van der Waals surface area contributed by atoms with E-state index in [9.17, 15) is 14.4 Å². The molecule has 5 rings (SSSR count). The number of aromatic nitrogens is 4. The molecule has 13 heteroatoms. The minimum atomic E-state index is -1.31. The molecule has 3 heterocycles. The number of rotatable bonds is 6. The molecule has 2 aliphatic rings. The minimum absolute atomic E-state index is 0.144. The van der Waals surface area contributed by atoms with Gasteiger partial charge in [-0.2, -0.15) is 5.21 Å². The van der Waals surface area contributed by atoms with Crippen molar-refractivity contribution < 1.29 is 19.1 Å². The molecule has 0 bridgehead atoms. The van der Waals surface area contributed by atoms with Gasteiger partial charge in [0, 0.05) is 10.8 Å². The molecule has 186 valence electrons. The molecule has 2 amide bonds. The van der Waals surface area contributed by atoms with E-state index >= 15 is 0 Å². The highest BCUT2D eigenvalue weighted by Gasteiger charge is 2.63. The van der Waals surface area contributed by atoms with Crippen LogP contribution in [0.3, 0.4) is 0 Å². The maximum atomic E-state index is 13.4. The fourth-order valence-electron chi connectivity index (χ4n) is 4.44. The van der Waals surface area contributed by atoms with Gasteiger partial charge in [0.1, 0.15) is 23.2 Å². The fraction of sp³-hybridized carbons (Fsp3) is 0.304. The number of halogens is 2. The highest BCUT2D eigenvalue weighted by molar-refractivity contribution is 8.01. The molecule has 0 radical (unpaired) electrons. The molecule has 4 unspecified atom stereocenters. The van der Waals surface area contributed by atoms with Crippen molar-refractivity contribution in [3.8, 4) is 5.75 Å². The zero-order valence-corrected chi connectivity index (χ0v) is 21.3. The first kappa shape index (κ1) is 24.5. The lowest BCUT2D eigenvalue weighted by Gasteiger charge is -2.44. The van der Waals surface area contributed by atoms with Crippen LogP contribution in [0.5, 0.6) is 5.75 Å². The number of hydrogen-bond acceptors (Lipinski definition) is 8. The van der Waals surface area contributed by atoms with E-state index in [0.29, 0.717) is 16.4 Å². The van der Waals surface area contributed by atoms with Gasteiger partial charge in [0.2, 0.25) is 11.8 Å². The van der Waals surface area contributed by atoms with E-state index < -0.39 is 34.6 Å². The molecule has 36 heavy (non-hydrogen) atoms. The summed E-state index contributed by atoms with van der Waals surface area (Å²) in [6.45, 7) is 3.95. The van der Waals surface area contributed by atoms with Crippen molar-refractivity contribution in [1.29, 1.82) is 0 Å². The number of esters is 1. The van der Waals surface area contributed by atoms with E-state index in [2.05, 4.69) is 25.9 Å². The van der Waals surface area contributed by atoms with Gasteiger partial charge in [-0.25, -0.2) is 0 Å². The molecule has 2 fully saturated rings. The van der Waals surface area contributed by atoms with Crippen LogP contribution >= 0.6 is 35.0 Å². The summed E-state index contributed by atoms with van der Waals surface area (Å²) in [6, 6.07) is 11.6. The topological polar surface area (TPSA) is 130 Å². The summed E-state index contributed by atoms with van der Waals surface area (Å²) in [5.41, 5.74) is 0.424. The van der Waals surface area contributed by atoms with Crippen molar-refractivity contribution in [2.45, 2.75) is 42.0 Å². The van der Waals surface area contributed by atoms with Gasteiger partial charge in [-0.3, -0.25) is 14.4 Å². The molecule has 0 aliphatic carbocycles. The van der Waals surface area contributed by atoms with Crippen molar-refractivity contribution in [2.24, 2.45) is 0 Å². The summed E-state index contributed by atoms with van der Waals surface area (Å²) in [5, 5.41) is 17.1. The molecule has 2 N–H and O–H groups in total. The first-order valence-corrected chi connectivity index (χ1v) is 12.6. The molecule has 1 aromatic heterocycles. The van der Waals surface area contributed by atoms with Crippen LogP contribution in [0.25, 0.3) is 0 Å². The number of aromatic amines is 1. The Morgan fingerprint density at radius 2 is 1.92 bits per heavy atom. The number of fused-ring (bicyclic) bond motifs is 1. The summed E-state index contributed by atoms with van der Waals surface area (Å²) < 4.78 is 5.04. The number of β-lactam (4-membered cyclic amide) rings is 1. The number of hydrogen-bond donors (Lipinski definition) is 2. The molecular weight excluding hydrogens is 527 g/mol. The first-order valence-electron chi connectivity index (χ1n) is 10.9. The average Bonchev–Trinajstić information content (AvgIpc) is 3.45. The lowest BCUT2D eigenvalue weighted by Crippen LogP contribution is -2.68. The normalized spacial score (nSPS) is 22.9. The highest BCUT2D eigenvalue weighted by Crippen LogP contribution is 2.56. The molecular formula is C23H20Cl2N6O4S. The lowest BCUT2D eigenvalue weighted by molar-refractivity contribution is -0.153. The quantitative estimate of drug-likeness (QED) is 0.209. The largest absolute Gasteiger partial charge is 0.426 e. The van der Waals surface area contributed by atoms with Gasteiger partial charge in [0.25, 0.3) is 0 Å². The number of benzene rings is 2. The first-order chi connectivity index (χ1) is 17.2. The lowest BCUT2D eigenvalue weighted by atomic mass is 9.94. The molecule has 3 aromatic rings. The van der Waals surface area contributed by atoms with Crippen LogP contribution in [0, 0.1) is 0 Å². The van der Waals surface area contributed by atoms with E-state index in [4.69, 9.17) is 27.9 Å². The fourth-order valence-corrected chi connectivity index (χ4v) is 6.36. The number of ether oxygens (including phenoxy) is 1. The zero-order valence-electron chi connectivity index (χ0n) is 19.0. The predicted molar refractivity (Wildman–Crippen MR) is 132 cm³/mol. The van der Waals surface area contributed by atoms with Crippen LogP contribution in [0.4, 0.5) is 0 Å². The van der Waals surface area contributed by atoms with E-state index in [-0.39, 0.29) is 22.1 Å². The van der Waals surface area contributed by atoms with Crippen molar-refractivity contribution in [2.75, 3.05) is 0 Å². The van der Waals surface area contributed by atoms with E-state index in [0.717, 1.165) is 0 Å². The SMILES string of the molecule is CC1(C)SC2C(NC(=O)C(C(=O)Oc3ccc(Cl)c(Cl)c3)c3ccccc3)C(=O)N2C1c1nn[nH]n1. The molecule has 10 nitrogen and oxygen atoms in total. The molecule has 0 saturated carbocycles. The number of tetrazole rings is 1. The Labute approximate surface area is 220 Å².